The van der Waals surface area contributed by atoms with Crippen LogP contribution >= 0.6 is 0 Å². The standard InChI is InChI=1S/C14H27N3O/c1-12(13-4-5-13)14(18)17-10-8-16(9-11-17)7-3-2-6-15/h12-13H,2-11,15H2,1H3. The van der Waals surface area contributed by atoms with E-state index in [1.54, 1.807) is 0 Å². The minimum absolute atomic E-state index is 0.258. The molecule has 18 heavy (non-hydrogen) atoms. The number of nitrogens with zero attached hydrogens (tertiary/aromatic N) is 2. The molecule has 1 unspecified atom stereocenters. The molecule has 1 atom stereocenters. The van der Waals surface area contributed by atoms with Crippen LogP contribution in [0.15, 0.2) is 0 Å². The third-order valence-electron chi connectivity index (χ3n) is 4.33. The van der Waals surface area contributed by atoms with Gasteiger partial charge in [-0.3, -0.25) is 9.69 Å². The Labute approximate surface area is 110 Å². The Balaban J connectivity index is 1.67. The molecular weight excluding hydrogens is 226 g/mol. The lowest BCUT2D eigenvalue weighted by molar-refractivity contribution is -0.137. The summed E-state index contributed by atoms with van der Waals surface area (Å²) in [6.07, 6.45) is 4.80. The number of carbonyl (C=O) groups excluding carboxylic acids is 1. The molecular formula is C14H27N3O. The zero-order valence-corrected chi connectivity index (χ0v) is 11.6. The molecule has 1 heterocycles. The number of carbonyl (C=O) groups is 1. The average molecular weight is 253 g/mol. The summed E-state index contributed by atoms with van der Waals surface area (Å²) in [4.78, 5) is 16.8. The van der Waals surface area contributed by atoms with E-state index in [0.29, 0.717) is 11.8 Å². The van der Waals surface area contributed by atoms with E-state index in [0.717, 1.165) is 45.7 Å². The van der Waals surface area contributed by atoms with Gasteiger partial charge in [0.2, 0.25) is 5.91 Å². The average Bonchev–Trinajstić information content (AvgIpc) is 3.22. The predicted octanol–water partition coefficient (Wildman–Crippen LogP) is 0.916. The lowest BCUT2D eigenvalue weighted by Crippen LogP contribution is -2.50. The van der Waals surface area contributed by atoms with Crippen molar-refractivity contribution in [3.05, 3.63) is 0 Å². The maximum absolute atomic E-state index is 12.2. The van der Waals surface area contributed by atoms with Crippen LogP contribution in [0, 0.1) is 11.8 Å². The first-order valence-electron chi connectivity index (χ1n) is 7.43. The fraction of sp³-hybridized carbons (Fsp3) is 0.929. The molecule has 1 aliphatic heterocycles. The van der Waals surface area contributed by atoms with Crippen LogP contribution in [-0.2, 0) is 4.79 Å². The maximum Gasteiger partial charge on any atom is 0.225 e. The van der Waals surface area contributed by atoms with Crippen molar-refractivity contribution < 1.29 is 4.79 Å². The quantitative estimate of drug-likeness (QED) is 0.716. The van der Waals surface area contributed by atoms with E-state index in [-0.39, 0.29) is 5.92 Å². The molecule has 2 rings (SSSR count). The second kappa shape index (κ2) is 6.53. The maximum atomic E-state index is 12.2. The monoisotopic (exact) mass is 253 g/mol. The molecule has 2 aliphatic rings. The normalized spacial score (nSPS) is 23.1. The highest BCUT2D eigenvalue weighted by Gasteiger charge is 2.35. The Morgan fingerprint density at radius 1 is 1.22 bits per heavy atom. The Kier molecular flexibility index (Phi) is 5.01. The first kappa shape index (κ1) is 13.8. The van der Waals surface area contributed by atoms with Gasteiger partial charge in [-0.2, -0.15) is 0 Å². The van der Waals surface area contributed by atoms with Crippen molar-refractivity contribution in [2.45, 2.75) is 32.6 Å². The molecule has 104 valence electrons. The van der Waals surface area contributed by atoms with E-state index in [2.05, 4.69) is 16.7 Å². The number of hydrogen-bond donors (Lipinski definition) is 1. The fourth-order valence-electron chi connectivity index (χ4n) is 2.76. The summed E-state index contributed by atoms with van der Waals surface area (Å²) in [5, 5.41) is 0. The first-order valence-corrected chi connectivity index (χ1v) is 7.43. The summed E-state index contributed by atoms with van der Waals surface area (Å²) in [7, 11) is 0. The topological polar surface area (TPSA) is 49.6 Å². The van der Waals surface area contributed by atoms with E-state index in [1.165, 1.54) is 19.3 Å². The van der Waals surface area contributed by atoms with Gasteiger partial charge in [0, 0.05) is 32.1 Å². The second-order valence-corrected chi connectivity index (χ2v) is 5.79. The second-order valence-electron chi connectivity index (χ2n) is 5.79. The van der Waals surface area contributed by atoms with Crippen LogP contribution in [0.5, 0.6) is 0 Å². The van der Waals surface area contributed by atoms with Gasteiger partial charge in [-0.25, -0.2) is 0 Å². The van der Waals surface area contributed by atoms with Crippen molar-refractivity contribution in [1.82, 2.24) is 9.80 Å². The van der Waals surface area contributed by atoms with Crippen LogP contribution in [0.3, 0.4) is 0 Å². The zero-order chi connectivity index (χ0) is 13.0. The van der Waals surface area contributed by atoms with Crippen molar-refractivity contribution in [1.29, 1.82) is 0 Å². The fourth-order valence-corrected chi connectivity index (χ4v) is 2.76. The number of piperazine rings is 1. The predicted molar refractivity (Wildman–Crippen MR) is 73.2 cm³/mol. The van der Waals surface area contributed by atoms with Crippen molar-refractivity contribution in [3.63, 3.8) is 0 Å². The molecule has 0 aromatic carbocycles. The summed E-state index contributed by atoms with van der Waals surface area (Å²) in [6.45, 7) is 7.93. The molecule has 0 radical (unpaired) electrons. The SMILES string of the molecule is CC(C(=O)N1CCN(CCCCN)CC1)C1CC1. The minimum atomic E-state index is 0.258. The molecule has 0 spiro atoms. The number of unbranched alkanes of at least 4 members (excludes halogenated alkanes) is 1. The Bertz CT molecular complexity index is 270. The molecule has 0 aromatic heterocycles. The molecule has 0 aromatic rings. The third kappa shape index (κ3) is 3.69. The molecule has 2 N–H and O–H groups in total. The van der Waals surface area contributed by atoms with E-state index in [9.17, 15) is 4.79 Å². The number of nitrogens with two attached hydrogens (primary N) is 1. The number of hydrogen-bond acceptors (Lipinski definition) is 3. The number of amides is 1. The lowest BCUT2D eigenvalue weighted by atomic mass is 10.0. The van der Waals surface area contributed by atoms with Gasteiger partial charge in [0.15, 0.2) is 0 Å². The molecule has 4 nitrogen and oxygen atoms in total. The van der Waals surface area contributed by atoms with E-state index in [1.807, 2.05) is 0 Å². The summed E-state index contributed by atoms with van der Waals surface area (Å²) in [6, 6.07) is 0. The summed E-state index contributed by atoms with van der Waals surface area (Å²) in [5.41, 5.74) is 5.50. The van der Waals surface area contributed by atoms with Crippen LogP contribution in [0.25, 0.3) is 0 Å². The highest BCUT2D eigenvalue weighted by Crippen LogP contribution is 2.37. The molecule has 1 saturated heterocycles. The van der Waals surface area contributed by atoms with Crippen molar-refractivity contribution >= 4 is 5.91 Å². The van der Waals surface area contributed by atoms with Crippen LogP contribution in [0.4, 0.5) is 0 Å². The van der Waals surface area contributed by atoms with Crippen LogP contribution < -0.4 is 5.73 Å². The smallest absolute Gasteiger partial charge is 0.225 e. The van der Waals surface area contributed by atoms with Gasteiger partial charge in [0.25, 0.3) is 0 Å². The molecule has 1 saturated carbocycles. The van der Waals surface area contributed by atoms with E-state index in [4.69, 9.17) is 5.73 Å². The van der Waals surface area contributed by atoms with Crippen molar-refractivity contribution in [2.24, 2.45) is 17.6 Å². The molecule has 2 fully saturated rings. The largest absolute Gasteiger partial charge is 0.340 e. The van der Waals surface area contributed by atoms with E-state index < -0.39 is 0 Å². The Hall–Kier alpha value is -0.610. The Morgan fingerprint density at radius 3 is 2.44 bits per heavy atom. The third-order valence-corrected chi connectivity index (χ3v) is 4.33. The van der Waals surface area contributed by atoms with Gasteiger partial charge >= 0.3 is 0 Å². The molecule has 1 amide bonds. The minimum Gasteiger partial charge on any atom is -0.340 e. The van der Waals surface area contributed by atoms with Crippen LogP contribution in [0.1, 0.15) is 32.6 Å². The lowest BCUT2D eigenvalue weighted by Gasteiger charge is -2.36. The van der Waals surface area contributed by atoms with Crippen LogP contribution in [0.2, 0.25) is 0 Å². The first-order chi connectivity index (χ1) is 8.72. The molecule has 0 bridgehead atoms. The summed E-state index contributed by atoms with van der Waals surface area (Å²) in [5.74, 6) is 1.33. The molecule has 1 aliphatic carbocycles. The van der Waals surface area contributed by atoms with Crippen molar-refractivity contribution in [2.75, 3.05) is 39.3 Å². The number of rotatable bonds is 6. The van der Waals surface area contributed by atoms with Gasteiger partial charge in [0.05, 0.1) is 0 Å². The summed E-state index contributed by atoms with van der Waals surface area (Å²) < 4.78 is 0. The molecule has 4 heteroatoms. The zero-order valence-electron chi connectivity index (χ0n) is 11.6. The van der Waals surface area contributed by atoms with Gasteiger partial charge < -0.3 is 10.6 Å². The highest BCUT2D eigenvalue weighted by atomic mass is 16.2. The van der Waals surface area contributed by atoms with Crippen molar-refractivity contribution in [3.8, 4) is 0 Å². The highest BCUT2D eigenvalue weighted by molar-refractivity contribution is 5.79. The van der Waals surface area contributed by atoms with Gasteiger partial charge in [0.1, 0.15) is 0 Å². The van der Waals surface area contributed by atoms with Gasteiger partial charge in [-0.1, -0.05) is 6.92 Å². The van der Waals surface area contributed by atoms with Gasteiger partial charge in [-0.15, -0.1) is 0 Å². The summed E-state index contributed by atoms with van der Waals surface area (Å²) >= 11 is 0. The van der Waals surface area contributed by atoms with Gasteiger partial charge in [-0.05, 0) is 44.7 Å². The Morgan fingerprint density at radius 2 is 1.89 bits per heavy atom. The van der Waals surface area contributed by atoms with E-state index >= 15 is 0 Å². The van der Waals surface area contributed by atoms with Crippen LogP contribution in [-0.4, -0.2) is 55.0 Å².